The number of hydrogen-bond donors (Lipinski definition) is 0. The molecule has 0 spiro atoms. The first-order valence-corrected chi connectivity index (χ1v) is 12.4. The molecule has 0 saturated carbocycles. The van der Waals surface area contributed by atoms with Gasteiger partial charge in [0.1, 0.15) is 11.5 Å². The Morgan fingerprint density at radius 2 is 2.00 bits per heavy atom. The van der Waals surface area contributed by atoms with Crippen molar-refractivity contribution in [2.24, 2.45) is 5.92 Å². The lowest BCUT2D eigenvalue weighted by Gasteiger charge is -2.34. The molecule has 2 saturated heterocycles. The maximum atomic E-state index is 13.7. The summed E-state index contributed by atoms with van der Waals surface area (Å²) in [6.07, 6.45) is 7.95. The van der Waals surface area contributed by atoms with Crippen molar-refractivity contribution in [3.8, 4) is 0 Å². The van der Waals surface area contributed by atoms with E-state index in [2.05, 4.69) is 29.9 Å². The molecular formula is C25H28ClN7O. The van der Waals surface area contributed by atoms with Crippen LogP contribution in [0, 0.1) is 12.8 Å². The molecule has 6 rings (SSSR count). The summed E-state index contributed by atoms with van der Waals surface area (Å²) in [5.74, 6) is 1.62. The molecule has 2 atom stereocenters. The Balaban J connectivity index is 1.36. The lowest BCUT2D eigenvalue weighted by molar-refractivity contribution is 0.0598. The Bertz CT molecular complexity index is 1390. The number of pyridine rings is 1. The molecule has 0 aromatic carbocycles. The molecule has 2 unspecified atom stereocenters. The average molecular weight is 478 g/mol. The highest BCUT2D eigenvalue weighted by Gasteiger charge is 2.33. The maximum Gasteiger partial charge on any atom is 0.274 e. The zero-order chi connectivity index (χ0) is 23.4. The van der Waals surface area contributed by atoms with Gasteiger partial charge in [-0.15, -0.1) is 0 Å². The summed E-state index contributed by atoms with van der Waals surface area (Å²) in [6, 6.07) is 7.53. The predicted molar refractivity (Wildman–Crippen MR) is 132 cm³/mol. The summed E-state index contributed by atoms with van der Waals surface area (Å²) in [5.41, 5.74) is 3.89. The lowest BCUT2D eigenvalue weighted by Crippen LogP contribution is -2.39. The number of nitrogens with zero attached hydrogens (tertiary/aromatic N) is 7. The lowest BCUT2D eigenvalue weighted by atomic mass is 9.99. The Kier molecular flexibility index (Phi) is 5.21. The minimum atomic E-state index is -0.121. The van der Waals surface area contributed by atoms with Gasteiger partial charge in [-0.05, 0) is 50.7 Å². The van der Waals surface area contributed by atoms with Crippen LogP contribution in [0.3, 0.4) is 0 Å². The van der Waals surface area contributed by atoms with Gasteiger partial charge in [-0.2, -0.15) is 5.10 Å². The Hall–Kier alpha value is -3.13. The molecular weight excluding hydrogens is 450 g/mol. The van der Waals surface area contributed by atoms with E-state index in [9.17, 15) is 4.79 Å². The van der Waals surface area contributed by atoms with E-state index >= 15 is 0 Å². The molecule has 2 aliphatic rings. The van der Waals surface area contributed by atoms with Crippen LogP contribution in [0.5, 0.6) is 0 Å². The number of piperidine rings is 1. The van der Waals surface area contributed by atoms with Gasteiger partial charge in [0.15, 0.2) is 16.5 Å². The molecule has 9 heteroatoms. The molecule has 0 N–H and O–H groups in total. The monoisotopic (exact) mass is 477 g/mol. The highest BCUT2D eigenvalue weighted by Crippen LogP contribution is 2.34. The normalized spacial score (nSPS) is 21.1. The van der Waals surface area contributed by atoms with Crippen molar-refractivity contribution in [1.29, 1.82) is 0 Å². The van der Waals surface area contributed by atoms with E-state index < -0.39 is 0 Å². The standard InChI is InChI=1S/C25H28ClN7O/c1-16-9-12-30(14-16)24-17(2)15-33-21(28-24)13-18(29-33)19-7-3-5-10-31(19)25(34)22-23(26)27-20-8-4-6-11-32(20)22/h4,6,8,11,13,15-16,19H,3,5,7,9-10,12,14H2,1-2H3. The van der Waals surface area contributed by atoms with E-state index in [0.29, 0.717) is 23.8 Å². The van der Waals surface area contributed by atoms with Crippen molar-refractivity contribution in [3.05, 3.63) is 58.8 Å². The Morgan fingerprint density at radius 1 is 1.12 bits per heavy atom. The van der Waals surface area contributed by atoms with Crippen LogP contribution in [-0.2, 0) is 0 Å². The number of imidazole rings is 1. The number of rotatable bonds is 3. The first kappa shape index (κ1) is 21.4. The number of aromatic nitrogens is 5. The highest BCUT2D eigenvalue weighted by atomic mass is 35.5. The summed E-state index contributed by atoms with van der Waals surface area (Å²) in [6.45, 7) is 7.12. The molecule has 8 nitrogen and oxygen atoms in total. The molecule has 0 radical (unpaired) electrons. The van der Waals surface area contributed by atoms with Gasteiger partial charge >= 0.3 is 0 Å². The molecule has 4 aromatic rings. The highest BCUT2D eigenvalue weighted by molar-refractivity contribution is 6.32. The van der Waals surface area contributed by atoms with Crippen molar-refractivity contribution >= 4 is 34.6 Å². The molecule has 34 heavy (non-hydrogen) atoms. The van der Waals surface area contributed by atoms with Crippen LogP contribution in [-0.4, -0.2) is 54.4 Å². The third-order valence-electron chi connectivity index (χ3n) is 7.14. The molecule has 2 fully saturated rings. The van der Waals surface area contributed by atoms with Crippen molar-refractivity contribution in [2.45, 2.75) is 45.6 Å². The SMILES string of the molecule is Cc1cn2nc(C3CCCCN3C(=O)c3c(Cl)nc4ccccn34)cc2nc1N1CCC(C)C1. The summed E-state index contributed by atoms with van der Waals surface area (Å²) < 4.78 is 3.63. The Morgan fingerprint density at radius 3 is 2.82 bits per heavy atom. The van der Waals surface area contributed by atoms with E-state index in [1.54, 1.807) is 4.40 Å². The second kappa shape index (κ2) is 8.27. The van der Waals surface area contributed by atoms with E-state index in [1.807, 2.05) is 39.9 Å². The number of likely N-dealkylation sites (tertiary alicyclic amines) is 1. The molecule has 176 valence electrons. The third kappa shape index (κ3) is 3.52. The second-order valence-electron chi connectivity index (χ2n) is 9.65. The second-order valence-corrected chi connectivity index (χ2v) is 10.0. The van der Waals surface area contributed by atoms with Crippen LogP contribution >= 0.6 is 11.6 Å². The average Bonchev–Trinajstić information content (AvgIpc) is 3.53. The minimum absolute atomic E-state index is 0.110. The number of amides is 1. The molecule has 1 amide bonds. The molecule has 0 aliphatic carbocycles. The zero-order valence-electron chi connectivity index (χ0n) is 19.5. The fourth-order valence-electron chi connectivity index (χ4n) is 5.41. The van der Waals surface area contributed by atoms with Gasteiger partial charge in [0.25, 0.3) is 5.91 Å². The van der Waals surface area contributed by atoms with Crippen molar-refractivity contribution in [2.75, 3.05) is 24.5 Å². The van der Waals surface area contributed by atoms with Crippen LogP contribution in [0.2, 0.25) is 5.15 Å². The number of aryl methyl sites for hydroxylation is 1. The number of carbonyl (C=O) groups excluding carboxylic acids is 1. The van der Waals surface area contributed by atoms with Crippen LogP contribution in [0.25, 0.3) is 11.3 Å². The number of carbonyl (C=O) groups is 1. The largest absolute Gasteiger partial charge is 0.356 e. The van der Waals surface area contributed by atoms with E-state index in [1.165, 1.54) is 6.42 Å². The summed E-state index contributed by atoms with van der Waals surface area (Å²) in [7, 11) is 0. The third-order valence-corrected chi connectivity index (χ3v) is 7.41. The van der Waals surface area contributed by atoms with E-state index in [-0.39, 0.29) is 17.1 Å². The number of fused-ring (bicyclic) bond motifs is 2. The molecule has 2 aliphatic heterocycles. The van der Waals surface area contributed by atoms with Crippen LogP contribution in [0.15, 0.2) is 36.7 Å². The smallest absolute Gasteiger partial charge is 0.274 e. The van der Waals surface area contributed by atoms with E-state index in [4.69, 9.17) is 21.7 Å². The first-order valence-electron chi connectivity index (χ1n) is 12.0. The van der Waals surface area contributed by atoms with Crippen molar-refractivity contribution in [3.63, 3.8) is 0 Å². The van der Waals surface area contributed by atoms with Gasteiger partial charge in [0, 0.05) is 43.7 Å². The fraction of sp³-hybridized carbons (Fsp3) is 0.440. The van der Waals surface area contributed by atoms with Gasteiger partial charge in [-0.25, -0.2) is 14.5 Å². The summed E-state index contributed by atoms with van der Waals surface area (Å²) >= 11 is 6.43. The van der Waals surface area contributed by atoms with Gasteiger partial charge < -0.3 is 9.80 Å². The molecule has 4 aromatic heterocycles. The van der Waals surface area contributed by atoms with Gasteiger partial charge in [-0.1, -0.05) is 24.6 Å². The summed E-state index contributed by atoms with van der Waals surface area (Å²) in [5, 5.41) is 5.10. The van der Waals surface area contributed by atoms with Gasteiger partial charge in [0.05, 0.1) is 11.7 Å². The summed E-state index contributed by atoms with van der Waals surface area (Å²) in [4.78, 5) is 27.3. The van der Waals surface area contributed by atoms with Gasteiger partial charge in [-0.3, -0.25) is 9.20 Å². The zero-order valence-corrected chi connectivity index (χ0v) is 20.2. The van der Waals surface area contributed by atoms with Gasteiger partial charge in [0.2, 0.25) is 0 Å². The molecule has 0 bridgehead atoms. The quantitative estimate of drug-likeness (QED) is 0.433. The van der Waals surface area contributed by atoms with Crippen molar-refractivity contribution in [1.82, 2.24) is 28.9 Å². The molecule has 6 heterocycles. The van der Waals surface area contributed by atoms with E-state index in [0.717, 1.165) is 55.1 Å². The topological polar surface area (TPSA) is 71.0 Å². The van der Waals surface area contributed by atoms with Crippen LogP contribution < -0.4 is 4.90 Å². The number of anilines is 1. The number of halogens is 1. The fourth-order valence-corrected chi connectivity index (χ4v) is 5.66. The first-order chi connectivity index (χ1) is 16.5. The van der Waals surface area contributed by atoms with Crippen molar-refractivity contribution < 1.29 is 4.79 Å². The van der Waals surface area contributed by atoms with Crippen LogP contribution in [0.4, 0.5) is 5.82 Å². The maximum absolute atomic E-state index is 13.7. The minimum Gasteiger partial charge on any atom is -0.356 e. The van der Waals surface area contributed by atoms with Crippen LogP contribution in [0.1, 0.15) is 60.4 Å². The Labute approximate surface area is 203 Å². The predicted octanol–water partition coefficient (Wildman–Crippen LogP) is 4.55. The number of hydrogen-bond acceptors (Lipinski definition) is 5.